The van der Waals surface area contributed by atoms with E-state index in [2.05, 4.69) is 16.8 Å². The minimum atomic E-state index is -0.275. The Hall–Kier alpha value is -1.46. The van der Waals surface area contributed by atoms with E-state index >= 15 is 0 Å². The summed E-state index contributed by atoms with van der Waals surface area (Å²) in [6.45, 7) is 2.23. The number of nitrogens with zero attached hydrogens (tertiary/aromatic N) is 2. The molecule has 5 heteroatoms. The summed E-state index contributed by atoms with van der Waals surface area (Å²) in [5.74, 6) is -0.135. The monoisotopic (exact) mass is 360 g/mol. The summed E-state index contributed by atoms with van der Waals surface area (Å²) in [7, 11) is 2.17. The van der Waals surface area contributed by atoms with Crippen LogP contribution in [0.5, 0.6) is 0 Å². The molecule has 0 radical (unpaired) electrons. The molecule has 1 aromatic carbocycles. The number of halogens is 1. The van der Waals surface area contributed by atoms with E-state index < -0.39 is 0 Å². The number of hydrogen-bond acceptors (Lipinski definition) is 3. The van der Waals surface area contributed by atoms with Crippen LogP contribution in [0, 0.1) is 5.82 Å². The van der Waals surface area contributed by atoms with Crippen molar-refractivity contribution in [1.29, 1.82) is 0 Å². The molecule has 2 bridgehead atoms. The molecule has 3 aliphatic heterocycles. The smallest absolute Gasteiger partial charge is 0.227 e. The number of likely N-dealkylation sites (tertiary alicyclic amines) is 1. The zero-order valence-electron chi connectivity index (χ0n) is 15.6. The Labute approximate surface area is 155 Å². The van der Waals surface area contributed by atoms with Crippen molar-refractivity contribution >= 4 is 5.91 Å². The topological polar surface area (TPSA) is 32.8 Å². The first kappa shape index (κ1) is 17.9. The zero-order chi connectivity index (χ0) is 18.1. The fourth-order valence-corrected chi connectivity index (χ4v) is 4.95. The van der Waals surface area contributed by atoms with Gasteiger partial charge in [-0.05, 0) is 63.3 Å². The van der Waals surface area contributed by atoms with Crippen LogP contribution in [0.3, 0.4) is 0 Å². The summed E-state index contributed by atoms with van der Waals surface area (Å²) < 4.78 is 19.8. The van der Waals surface area contributed by atoms with Crippen LogP contribution >= 0.6 is 0 Å². The van der Waals surface area contributed by atoms with E-state index in [0.717, 1.165) is 57.2 Å². The van der Waals surface area contributed by atoms with Crippen LogP contribution in [-0.4, -0.2) is 60.1 Å². The summed E-state index contributed by atoms with van der Waals surface area (Å²) in [6.07, 6.45) is 7.26. The van der Waals surface area contributed by atoms with Gasteiger partial charge in [0.1, 0.15) is 5.82 Å². The number of fused-ring (bicyclic) bond motifs is 2. The summed E-state index contributed by atoms with van der Waals surface area (Å²) in [5, 5.41) is 0. The molecule has 3 heterocycles. The quantitative estimate of drug-likeness (QED) is 0.828. The van der Waals surface area contributed by atoms with E-state index in [9.17, 15) is 9.18 Å². The van der Waals surface area contributed by atoms with E-state index in [1.54, 1.807) is 6.07 Å². The van der Waals surface area contributed by atoms with Gasteiger partial charge < -0.3 is 14.5 Å². The Balaban J connectivity index is 1.34. The Bertz CT molecular complexity index is 631. The summed E-state index contributed by atoms with van der Waals surface area (Å²) in [5.41, 5.74) is 0.763. The third-order valence-corrected chi connectivity index (χ3v) is 6.27. The molecule has 0 saturated carbocycles. The number of ether oxygens (including phenoxy) is 1. The van der Waals surface area contributed by atoms with E-state index in [1.807, 2.05) is 6.07 Å². The van der Waals surface area contributed by atoms with Gasteiger partial charge in [0.05, 0.1) is 18.6 Å². The maximum absolute atomic E-state index is 13.4. The second-order valence-electron chi connectivity index (χ2n) is 8.22. The lowest BCUT2D eigenvalue weighted by Crippen LogP contribution is -2.50. The van der Waals surface area contributed by atoms with Gasteiger partial charge >= 0.3 is 0 Å². The Morgan fingerprint density at radius 3 is 2.46 bits per heavy atom. The largest absolute Gasteiger partial charge is 0.375 e. The molecule has 3 atom stereocenters. The predicted octanol–water partition coefficient (Wildman–Crippen LogP) is 3.00. The summed E-state index contributed by atoms with van der Waals surface area (Å²) in [4.78, 5) is 17.3. The van der Waals surface area contributed by atoms with Gasteiger partial charge in [0.2, 0.25) is 5.91 Å². The lowest BCUT2D eigenvalue weighted by atomic mass is 9.97. The van der Waals surface area contributed by atoms with Crippen molar-refractivity contribution in [2.75, 3.05) is 20.1 Å². The highest BCUT2D eigenvalue weighted by Crippen LogP contribution is 2.38. The highest BCUT2D eigenvalue weighted by molar-refractivity contribution is 5.80. The maximum Gasteiger partial charge on any atom is 0.227 e. The number of piperidine rings is 2. The van der Waals surface area contributed by atoms with Crippen molar-refractivity contribution < 1.29 is 13.9 Å². The molecular weight excluding hydrogens is 331 g/mol. The number of carbonyl (C=O) groups excluding carboxylic acids is 1. The molecule has 0 spiro atoms. The fraction of sp³-hybridized carbons (Fsp3) is 0.667. The normalized spacial score (nSPS) is 29.9. The lowest BCUT2D eigenvalue weighted by Gasteiger charge is -2.41. The van der Waals surface area contributed by atoms with Crippen LogP contribution < -0.4 is 0 Å². The molecule has 0 aromatic heterocycles. The first-order valence-electron chi connectivity index (χ1n) is 9.98. The molecule has 4 rings (SSSR count). The molecule has 0 N–H and O–H groups in total. The third kappa shape index (κ3) is 3.94. The Morgan fingerprint density at radius 2 is 1.81 bits per heavy atom. The van der Waals surface area contributed by atoms with Gasteiger partial charge in [-0.15, -0.1) is 0 Å². The number of amides is 1. The molecule has 1 unspecified atom stereocenters. The van der Waals surface area contributed by atoms with Crippen LogP contribution in [0.25, 0.3) is 0 Å². The predicted molar refractivity (Wildman–Crippen MR) is 98.4 cm³/mol. The second kappa shape index (κ2) is 7.65. The highest BCUT2D eigenvalue weighted by atomic mass is 19.1. The Kier molecular flexibility index (Phi) is 5.28. The van der Waals surface area contributed by atoms with Gasteiger partial charge in [0.25, 0.3) is 0 Å². The molecule has 26 heavy (non-hydrogen) atoms. The first-order chi connectivity index (χ1) is 12.6. The van der Waals surface area contributed by atoms with Crippen LogP contribution in [0.15, 0.2) is 24.3 Å². The zero-order valence-corrected chi connectivity index (χ0v) is 15.6. The standard InChI is InChI=1S/C21H29FN2O2/c1-23-9-7-19(8-10-23)26-20-13-17-5-6-18(14-20)24(17)21(25)12-15-3-2-4-16(22)11-15/h2-4,11,17-20H,5-10,12-14H2,1H3/t17-,18+,20?. The van der Waals surface area contributed by atoms with Gasteiger partial charge in [-0.3, -0.25) is 4.79 Å². The summed E-state index contributed by atoms with van der Waals surface area (Å²) >= 11 is 0. The maximum atomic E-state index is 13.4. The lowest BCUT2D eigenvalue weighted by molar-refractivity contribution is -0.140. The SMILES string of the molecule is CN1CCC(OC2C[C@H]3CC[C@@H](C2)N3C(=O)Cc2cccc(F)c2)CC1. The minimum Gasteiger partial charge on any atom is -0.375 e. The fourth-order valence-electron chi connectivity index (χ4n) is 4.95. The third-order valence-electron chi connectivity index (χ3n) is 6.27. The number of benzene rings is 1. The van der Waals surface area contributed by atoms with Gasteiger partial charge in [-0.1, -0.05) is 12.1 Å². The molecule has 3 aliphatic rings. The molecule has 142 valence electrons. The molecule has 3 fully saturated rings. The van der Waals surface area contributed by atoms with E-state index in [-0.39, 0.29) is 11.7 Å². The van der Waals surface area contributed by atoms with Crippen molar-refractivity contribution in [1.82, 2.24) is 9.80 Å². The molecular formula is C21H29FN2O2. The molecule has 1 aromatic rings. The number of hydrogen-bond donors (Lipinski definition) is 0. The van der Waals surface area contributed by atoms with Gasteiger partial charge in [-0.2, -0.15) is 0 Å². The highest BCUT2D eigenvalue weighted by Gasteiger charge is 2.43. The summed E-state index contributed by atoms with van der Waals surface area (Å²) in [6, 6.07) is 6.99. The van der Waals surface area contributed by atoms with E-state index in [4.69, 9.17) is 4.74 Å². The Morgan fingerprint density at radius 1 is 1.12 bits per heavy atom. The van der Waals surface area contributed by atoms with Crippen LogP contribution in [0.4, 0.5) is 4.39 Å². The minimum absolute atomic E-state index is 0.140. The number of rotatable bonds is 4. The van der Waals surface area contributed by atoms with Crippen LogP contribution in [-0.2, 0) is 16.0 Å². The van der Waals surface area contributed by atoms with E-state index in [1.165, 1.54) is 12.1 Å². The van der Waals surface area contributed by atoms with Crippen molar-refractivity contribution in [2.24, 2.45) is 0 Å². The molecule has 0 aliphatic carbocycles. The van der Waals surface area contributed by atoms with E-state index in [0.29, 0.717) is 30.7 Å². The van der Waals surface area contributed by atoms with Gasteiger partial charge in [0.15, 0.2) is 0 Å². The van der Waals surface area contributed by atoms with Gasteiger partial charge in [0, 0.05) is 25.2 Å². The molecule has 1 amide bonds. The van der Waals surface area contributed by atoms with Crippen molar-refractivity contribution in [2.45, 2.75) is 69.2 Å². The van der Waals surface area contributed by atoms with Crippen LogP contribution in [0.2, 0.25) is 0 Å². The first-order valence-corrected chi connectivity index (χ1v) is 9.98. The van der Waals surface area contributed by atoms with Crippen molar-refractivity contribution in [3.63, 3.8) is 0 Å². The van der Waals surface area contributed by atoms with Crippen LogP contribution in [0.1, 0.15) is 44.1 Å². The number of carbonyl (C=O) groups is 1. The molecule has 4 nitrogen and oxygen atoms in total. The average Bonchev–Trinajstić information content (AvgIpc) is 2.88. The second-order valence-corrected chi connectivity index (χ2v) is 8.22. The molecule has 3 saturated heterocycles. The van der Waals surface area contributed by atoms with Gasteiger partial charge in [-0.25, -0.2) is 4.39 Å². The van der Waals surface area contributed by atoms with Crippen molar-refractivity contribution in [3.05, 3.63) is 35.6 Å². The van der Waals surface area contributed by atoms with Crippen molar-refractivity contribution in [3.8, 4) is 0 Å². The average molecular weight is 360 g/mol.